The third-order valence-corrected chi connectivity index (χ3v) is 7.40. The summed E-state index contributed by atoms with van der Waals surface area (Å²) in [6.07, 6.45) is 8.58. The third-order valence-electron chi connectivity index (χ3n) is 6.90. The average Bonchev–Trinajstić information content (AvgIpc) is 2.78. The molecule has 172 valence electrons. The first-order valence-corrected chi connectivity index (χ1v) is 12.6. The molecule has 1 saturated heterocycles. The van der Waals surface area contributed by atoms with Crippen molar-refractivity contribution in [3.63, 3.8) is 0 Å². The van der Waals surface area contributed by atoms with Crippen molar-refractivity contribution in [2.75, 3.05) is 29.9 Å². The largest absolute Gasteiger partial charge is 0.361 e. The summed E-state index contributed by atoms with van der Waals surface area (Å²) < 4.78 is 0. The number of nitrogens with one attached hydrogen (secondary N) is 2. The van der Waals surface area contributed by atoms with Gasteiger partial charge in [0.05, 0.1) is 0 Å². The molecule has 2 aromatic rings. The van der Waals surface area contributed by atoms with Gasteiger partial charge in [0, 0.05) is 41.8 Å². The monoisotopic (exact) mass is 471 g/mol. The Hall–Kier alpha value is -1.92. The number of thiocarbonyl (C=S) groups is 1. The number of rotatable bonds is 5. The molecule has 7 heteroatoms. The Balaban J connectivity index is 1.43. The molecule has 1 atom stereocenters. The van der Waals surface area contributed by atoms with Crippen LogP contribution in [0.5, 0.6) is 0 Å². The van der Waals surface area contributed by atoms with Gasteiger partial charge in [-0.05, 0) is 68.4 Å². The summed E-state index contributed by atoms with van der Waals surface area (Å²) in [6.45, 7) is 7.20. The molecule has 5 nitrogen and oxygen atoms in total. The molecular weight excluding hydrogens is 438 g/mol. The van der Waals surface area contributed by atoms with Crippen molar-refractivity contribution in [2.24, 2.45) is 5.92 Å². The molecule has 0 amide bonds. The molecule has 1 aromatic carbocycles. The molecule has 32 heavy (non-hydrogen) atoms. The predicted molar refractivity (Wildman–Crippen MR) is 138 cm³/mol. The van der Waals surface area contributed by atoms with Crippen molar-refractivity contribution in [3.8, 4) is 0 Å². The van der Waals surface area contributed by atoms with E-state index in [0.29, 0.717) is 17.0 Å². The van der Waals surface area contributed by atoms with Crippen LogP contribution in [-0.4, -0.2) is 34.7 Å². The molecule has 2 heterocycles. The highest BCUT2D eigenvalue weighted by atomic mass is 35.5. The van der Waals surface area contributed by atoms with Crippen molar-refractivity contribution in [1.82, 2.24) is 15.3 Å². The van der Waals surface area contributed by atoms with Crippen LogP contribution in [0.3, 0.4) is 0 Å². The number of nitrogens with zero attached hydrogens (tertiary/aromatic N) is 3. The fourth-order valence-corrected chi connectivity index (χ4v) is 5.45. The fourth-order valence-electron chi connectivity index (χ4n) is 5.16. The minimum Gasteiger partial charge on any atom is -0.361 e. The number of hydrogen-bond acceptors (Lipinski definition) is 4. The van der Waals surface area contributed by atoms with Gasteiger partial charge in [-0.1, -0.05) is 49.9 Å². The second-order valence-corrected chi connectivity index (χ2v) is 10.4. The average molecular weight is 472 g/mol. The van der Waals surface area contributed by atoms with Crippen LogP contribution in [0.25, 0.3) is 0 Å². The van der Waals surface area contributed by atoms with E-state index in [2.05, 4.69) is 45.6 Å². The van der Waals surface area contributed by atoms with E-state index in [-0.39, 0.29) is 5.41 Å². The highest BCUT2D eigenvalue weighted by molar-refractivity contribution is 7.80. The summed E-state index contributed by atoms with van der Waals surface area (Å²) in [6, 6.07) is 10.4. The van der Waals surface area contributed by atoms with Crippen LogP contribution >= 0.6 is 23.8 Å². The Kier molecular flexibility index (Phi) is 7.51. The molecule has 0 bridgehead atoms. The van der Waals surface area contributed by atoms with Gasteiger partial charge in [-0.2, -0.15) is 4.98 Å². The van der Waals surface area contributed by atoms with Crippen molar-refractivity contribution < 1.29 is 0 Å². The van der Waals surface area contributed by atoms with Gasteiger partial charge >= 0.3 is 0 Å². The van der Waals surface area contributed by atoms with Gasteiger partial charge in [-0.25, -0.2) is 4.98 Å². The molecular formula is C25H34ClN5S. The highest BCUT2D eigenvalue weighted by Crippen LogP contribution is 2.39. The van der Waals surface area contributed by atoms with Gasteiger partial charge in [0.2, 0.25) is 5.95 Å². The van der Waals surface area contributed by atoms with Gasteiger partial charge in [0.1, 0.15) is 5.82 Å². The van der Waals surface area contributed by atoms with Crippen LogP contribution in [-0.2, 0) is 5.41 Å². The quantitative estimate of drug-likeness (QED) is 0.532. The predicted octanol–water partition coefficient (Wildman–Crippen LogP) is 5.86. The van der Waals surface area contributed by atoms with Gasteiger partial charge in [0.15, 0.2) is 5.11 Å². The summed E-state index contributed by atoms with van der Waals surface area (Å²) in [5.41, 5.74) is 2.37. The second-order valence-electron chi connectivity index (χ2n) is 9.54. The SMILES string of the molecule is Cc1cc(N2CCC[C@@H](C)C2)nc(NC(=S)NCC2(c3ccc(Cl)cc3)CCCCC2)n1. The lowest BCUT2D eigenvalue weighted by atomic mass is 9.69. The van der Waals surface area contributed by atoms with Gasteiger partial charge in [-0.15, -0.1) is 0 Å². The Bertz CT molecular complexity index is 926. The summed E-state index contributed by atoms with van der Waals surface area (Å²) in [7, 11) is 0. The molecule has 1 aliphatic carbocycles. The van der Waals surface area contributed by atoms with Crippen molar-refractivity contribution in [3.05, 3.63) is 46.6 Å². The molecule has 1 aliphatic heterocycles. The van der Waals surface area contributed by atoms with Gasteiger partial charge in [-0.3, -0.25) is 0 Å². The molecule has 2 N–H and O–H groups in total. The number of aromatic nitrogens is 2. The number of hydrogen-bond donors (Lipinski definition) is 2. The first-order chi connectivity index (χ1) is 15.4. The fraction of sp³-hybridized carbons (Fsp3) is 0.560. The molecule has 0 radical (unpaired) electrons. The maximum absolute atomic E-state index is 6.14. The highest BCUT2D eigenvalue weighted by Gasteiger charge is 2.34. The number of anilines is 2. The standard InChI is InChI=1S/C25H34ClN5S/c1-18-7-6-14-31(16-18)22-15-19(2)28-23(29-22)30-24(32)27-17-25(12-4-3-5-13-25)20-8-10-21(26)11-9-20/h8-11,15,18H,3-7,12-14,16-17H2,1-2H3,(H2,27,28,29,30,32)/t18-/m1/s1. The first kappa shape index (κ1) is 23.2. The lowest BCUT2D eigenvalue weighted by molar-refractivity contribution is 0.292. The number of halogens is 1. The summed E-state index contributed by atoms with van der Waals surface area (Å²) in [5.74, 6) is 2.25. The van der Waals surface area contributed by atoms with Crippen molar-refractivity contribution >= 4 is 40.7 Å². The molecule has 2 aliphatic rings. The molecule has 1 saturated carbocycles. The molecule has 4 rings (SSSR count). The second kappa shape index (κ2) is 10.3. The Labute approximate surface area is 202 Å². The number of aryl methyl sites for hydroxylation is 1. The summed E-state index contributed by atoms with van der Waals surface area (Å²) >= 11 is 11.8. The van der Waals surface area contributed by atoms with Crippen molar-refractivity contribution in [1.29, 1.82) is 0 Å². The molecule has 0 spiro atoms. The number of piperidine rings is 1. The van der Waals surface area contributed by atoms with E-state index < -0.39 is 0 Å². The van der Waals surface area contributed by atoms with Gasteiger partial charge < -0.3 is 15.5 Å². The van der Waals surface area contributed by atoms with Crippen LogP contribution in [0.1, 0.15) is 63.1 Å². The normalized spacial score (nSPS) is 20.6. The molecule has 0 unspecified atom stereocenters. The molecule has 2 fully saturated rings. The van der Waals surface area contributed by atoms with E-state index in [1.807, 2.05) is 19.1 Å². The van der Waals surface area contributed by atoms with E-state index in [1.165, 1.54) is 37.7 Å². The van der Waals surface area contributed by atoms with E-state index in [0.717, 1.165) is 49.0 Å². The lowest BCUT2D eigenvalue weighted by Gasteiger charge is -2.38. The maximum atomic E-state index is 6.14. The summed E-state index contributed by atoms with van der Waals surface area (Å²) in [5, 5.41) is 8.07. The van der Waals surface area contributed by atoms with Crippen LogP contribution in [0.4, 0.5) is 11.8 Å². The number of benzene rings is 1. The van der Waals surface area contributed by atoms with Crippen LogP contribution in [0.2, 0.25) is 5.02 Å². The Morgan fingerprint density at radius 1 is 1.16 bits per heavy atom. The topological polar surface area (TPSA) is 53.1 Å². The first-order valence-electron chi connectivity index (χ1n) is 11.9. The van der Waals surface area contributed by atoms with E-state index in [4.69, 9.17) is 28.8 Å². The lowest BCUT2D eigenvalue weighted by Crippen LogP contribution is -2.43. The Morgan fingerprint density at radius 2 is 1.91 bits per heavy atom. The van der Waals surface area contributed by atoms with E-state index in [9.17, 15) is 0 Å². The summed E-state index contributed by atoms with van der Waals surface area (Å²) in [4.78, 5) is 11.7. The van der Waals surface area contributed by atoms with Crippen LogP contribution in [0, 0.1) is 12.8 Å². The van der Waals surface area contributed by atoms with E-state index >= 15 is 0 Å². The van der Waals surface area contributed by atoms with E-state index in [1.54, 1.807) is 0 Å². The third kappa shape index (κ3) is 5.70. The van der Waals surface area contributed by atoms with Crippen molar-refractivity contribution in [2.45, 2.75) is 64.2 Å². The zero-order valence-electron chi connectivity index (χ0n) is 19.2. The van der Waals surface area contributed by atoms with Crippen LogP contribution in [0.15, 0.2) is 30.3 Å². The Morgan fingerprint density at radius 3 is 2.62 bits per heavy atom. The smallest absolute Gasteiger partial charge is 0.231 e. The van der Waals surface area contributed by atoms with Gasteiger partial charge in [0.25, 0.3) is 0 Å². The molecule has 1 aromatic heterocycles. The minimum atomic E-state index is 0.0805. The van der Waals surface area contributed by atoms with Crippen LogP contribution < -0.4 is 15.5 Å². The minimum absolute atomic E-state index is 0.0805. The zero-order chi connectivity index (χ0) is 22.6. The zero-order valence-corrected chi connectivity index (χ0v) is 20.7. The maximum Gasteiger partial charge on any atom is 0.231 e.